The molecule has 0 N–H and O–H groups in total. The van der Waals surface area contributed by atoms with E-state index in [9.17, 15) is 8.76 Å². The number of rotatable bonds is 3. The Morgan fingerprint density at radius 1 is 1.33 bits per heavy atom. The van der Waals surface area contributed by atoms with Crippen molar-refractivity contribution >= 4 is 22.3 Å². The van der Waals surface area contributed by atoms with Crippen molar-refractivity contribution in [1.82, 2.24) is 0 Å². The molecule has 1 aliphatic heterocycles. The van der Waals surface area contributed by atoms with Crippen molar-refractivity contribution in [3.05, 3.63) is 35.9 Å². The molecule has 98 valence electrons. The highest BCUT2D eigenvalue weighted by molar-refractivity contribution is 7.79. The predicted octanol–water partition coefficient (Wildman–Crippen LogP) is 2.57. The van der Waals surface area contributed by atoms with E-state index in [1.165, 1.54) is 0 Å². The third-order valence-corrected chi connectivity index (χ3v) is 3.90. The average molecular weight is 264 g/mol. The van der Waals surface area contributed by atoms with E-state index in [1.54, 1.807) is 0 Å². The van der Waals surface area contributed by atoms with Gasteiger partial charge in [0, 0.05) is 23.5 Å². The standard InChI is InChI=1S/C14H19NO2S/c1-4-15-13-8-6-5-7-12(13)11(10-18(16)17)9-14(15,2)3/h5-9H,4,10H2,1-3H3,(H,16,17)/p-1. The summed E-state index contributed by atoms with van der Waals surface area (Å²) in [6.45, 7) is 7.23. The van der Waals surface area contributed by atoms with Gasteiger partial charge in [-0.05, 0) is 32.4 Å². The lowest BCUT2D eigenvalue weighted by atomic mass is 9.89. The summed E-state index contributed by atoms with van der Waals surface area (Å²) in [5.74, 6) is 0.0813. The second-order valence-electron chi connectivity index (χ2n) is 5.03. The minimum Gasteiger partial charge on any atom is -0.772 e. The fourth-order valence-corrected chi connectivity index (χ4v) is 3.19. The van der Waals surface area contributed by atoms with Crippen LogP contribution in [0.15, 0.2) is 30.3 Å². The fourth-order valence-electron chi connectivity index (χ4n) is 2.70. The molecule has 0 saturated heterocycles. The topological polar surface area (TPSA) is 43.4 Å². The summed E-state index contributed by atoms with van der Waals surface area (Å²) in [7, 11) is 0. The zero-order valence-electron chi connectivity index (χ0n) is 11.0. The summed E-state index contributed by atoms with van der Waals surface area (Å²) in [5, 5.41) is 0. The number of likely N-dealkylation sites (N-methyl/N-ethyl adjacent to an activating group) is 1. The smallest absolute Gasteiger partial charge is 0.0534 e. The molecule has 18 heavy (non-hydrogen) atoms. The van der Waals surface area contributed by atoms with Crippen molar-refractivity contribution in [2.24, 2.45) is 0 Å². The van der Waals surface area contributed by atoms with E-state index in [0.29, 0.717) is 0 Å². The van der Waals surface area contributed by atoms with Gasteiger partial charge in [0.15, 0.2) is 0 Å². The van der Waals surface area contributed by atoms with Crippen LogP contribution in [0.2, 0.25) is 0 Å². The van der Waals surface area contributed by atoms with Crippen LogP contribution in [0.4, 0.5) is 5.69 Å². The van der Waals surface area contributed by atoms with Gasteiger partial charge in [0.2, 0.25) is 0 Å². The van der Waals surface area contributed by atoms with Crippen LogP contribution in [0.3, 0.4) is 0 Å². The number of fused-ring (bicyclic) bond motifs is 1. The molecule has 0 spiro atoms. The first-order valence-corrected chi connectivity index (χ1v) is 7.34. The van der Waals surface area contributed by atoms with E-state index in [1.807, 2.05) is 18.2 Å². The molecule has 0 aliphatic carbocycles. The van der Waals surface area contributed by atoms with Gasteiger partial charge in [0.25, 0.3) is 0 Å². The summed E-state index contributed by atoms with van der Waals surface area (Å²) >= 11 is -2.05. The first kappa shape index (κ1) is 13.3. The SMILES string of the molecule is CCN1c2ccccc2C(CS(=O)[O-])=CC1(C)C. The van der Waals surface area contributed by atoms with E-state index in [4.69, 9.17) is 0 Å². The highest BCUT2D eigenvalue weighted by Gasteiger charge is 2.30. The molecule has 0 radical (unpaired) electrons. The highest BCUT2D eigenvalue weighted by atomic mass is 32.2. The van der Waals surface area contributed by atoms with Crippen LogP contribution in [-0.4, -0.2) is 26.6 Å². The van der Waals surface area contributed by atoms with E-state index in [-0.39, 0.29) is 11.3 Å². The van der Waals surface area contributed by atoms with Gasteiger partial charge in [0.1, 0.15) is 0 Å². The zero-order chi connectivity index (χ0) is 13.3. The summed E-state index contributed by atoms with van der Waals surface area (Å²) in [6.07, 6.45) is 2.06. The normalized spacial score (nSPS) is 19.1. The van der Waals surface area contributed by atoms with Crippen LogP contribution in [-0.2, 0) is 11.1 Å². The number of hydrogen-bond donors (Lipinski definition) is 0. The Morgan fingerprint density at radius 3 is 2.61 bits per heavy atom. The molecule has 1 atom stereocenters. The first-order valence-electron chi connectivity index (χ1n) is 6.10. The summed E-state index contributed by atoms with van der Waals surface area (Å²) in [6, 6.07) is 7.99. The van der Waals surface area contributed by atoms with Crippen molar-refractivity contribution < 1.29 is 8.76 Å². The molecule has 0 saturated carbocycles. The Kier molecular flexibility index (Phi) is 3.59. The van der Waals surface area contributed by atoms with E-state index in [2.05, 4.69) is 37.8 Å². The number of benzene rings is 1. The van der Waals surface area contributed by atoms with Crippen LogP contribution in [0, 0.1) is 0 Å². The lowest BCUT2D eigenvalue weighted by molar-refractivity contribution is 0.539. The van der Waals surface area contributed by atoms with Gasteiger partial charge in [-0.1, -0.05) is 35.4 Å². The molecule has 1 aliphatic rings. The lowest BCUT2D eigenvalue weighted by Gasteiger charge is -2.43. The van der Waals surface area contributed by atoms with Gasteiger partial charge in [-0.25, -0.2) is 0 Å². The molecule has 4 heteroatoms. The maximum Gasteiger partial charge on any atom is 0.0534 e. The van der Waals surface area contributed by atoms with E-state index < -0.39 is 11.1 Å². The molecule has 0 fully saturated rings. The molecule has 0 bridgehead atoms. The van der Waals surface area contributed by atoms with Gasteiger partial charge in [0.05, 0.1) is 5.54 Å². The molecule has 1 unspecified atom stereocenters. The molecule has 0 amide bonds. The largest absolute Gasteiger partial charge is 0.772 e. The Balaban J connectivity index is 2.55. The van der Waals surface area contributed by atoms with Crippen molar-refractivity contribution in [2.45, 2.75) is 26.3 Å². The van der Waals surface area contributed by atoms with Gasteiger partial charge < -0.3 is 9.45 Å². The van der Waals surface area contributed by atoms with Crippen LogP contribution in [0.5, 0.6) is 0 Å². The summed E-state index contributed by atoms with van der Waals surface area (Å²) in [5.41, 5.74) is 2.89. The van der Waals surface area contributed by atoms with Crippen molar-refractivity contribution in [1.29, 1.82) is 0 Å². The second-order valence-corrected chi connectivity index (χ2v) is 5.93. The van der Waals surface area contributed by atoms with E-state index in [0.717, 1.165) is 23.4 Å². The second kappa shape index (κ2) is 4.86. The third-order valence-electron chi connectivity index (χ3n) is 3.35. The van der Waals surface area contributed by atoms with Crippen molar-refractivity contribution in [3.63, 3.8) is 0 Å². The van der Waals surface area contributed by atoms with Gasteiger partial charge >= 0.3 is 0 Å². The number of hydrogen-bond acceptors (Lipinski definition) is 3. The Hall–Kier alpha value is -1.13. The number of para-hydroxylation sites is 1. The van der Waals surface area contributed by atoms with Gasteiger partial charge in [-0.2, -0.15) is 0 Å². The molecular formula is C14H18NO2S-. The fraction of sp³-hybridized carbons (Fsp3) is 0.429. The molecule has 1 heterocycles. The first-order chi connectivity index (χ1) is 8.45. The summed E-state index contributed by atoms with van der Waals surface area (Å²) < 4.78 is 22.0. The minimum absolute atomic E-state index is 0.0813. The maximum atomic E-state index is 11.0. The Bertz CT molecular complexity index is 508. The molecule has 2 rings (SSSR count). The van der Waals surface area contributed by atoms with Crippen molar-refractivity contribution in [2.75, 3.05) is 17.2 Å². The lowest BCUT2D eigenvalue weighted by Crippen LogP contribution is -2.45. The van der Waals surface area contributed by atoms with Gasteiger partial charge in [-0.3, -0.25) is 4.21 Å². The molecule has 3 nitrogen and oxygen atoms in total. The highest BCUT2D eigenvalue weighted by Crippen LogP contribution is 2.38. The van der Waals surface area contributed by atoms with Crippen LogP contribution in [0.25, 0.3) is 5.57 Å². The predicted molar refractivity (Wildman–Crippen MR) is 75.3 cm³/mol. The Labute approximate surface area is 111 Å². The molecule has 0 aromatic heterocycles. The molecule has 1 aromatic carbocycles. The van der Waals surface area contributed by atoms with Gasteiger partial charge in [-0.15, -0.1) is 0 Å². The quantitative estimate of drug-likeness (QED) is 0.788. The van der Waals surface area contributed by atoms with Crippen LogP contribution < -0.4 is 4.90 Å². The molecular weight excluding hydrogens is 246 g/mol. The van der Waals surface area contributed by atoms with Crippen LogP contribution >= 0.6 is 0 Å². The Morgan fingerprint density at radius 2 is 2.00 bits per heavy atom. The molecule has 1 aromatic rings. The number of anilines is 1. The zero-order valence-corrected chi connectivity index (χ0v) is 11.8. The monoisotopic (exact) mass is 264 g/mol. The minimum atomic E-state index is -2.05. The van der Waals surface area contributed by atoms with Crippen molar-refractivity contribution in [3.8, 4) is 0 Å². The number of nitrogens with zero attached hydrogens (tertiary/aromatic N) is 1. The third kappa shape index (κ3) is 2.35. The van der Waals surface area contributed by atoms with Crippen LogP contribution in [0.1, 0.15) is 26.3 Å². The van der Waals surface area contributed by atoms with E-state index >= 15 is 0 Å². The summed E-state index contributed by atoms with van der Waals surface area (Å²) in [4.78, 5) is 2.29. The average Bonchev–Trinajstić information content (AvgIpc) is 2.27. The maximum absolute atomic E-state index is 11.0.